The summed E-state index contributed by atoms with van der Waals surface area (Å²) >= 11 is 0. The van der Waals surface area contributed by atoms with Crippen molar-refractivity contribution in [1.29, 1.82) is 0 Å². The van der Waals surface area contributed by atoms with E-state index in [-0.39, 0.29) is 19.6 Å². The number of carbonyl (C=O) groups is 3. The quantitative estimate of drug-likeness (QED) is 0.530. The van der Waals surface area contributed by atoms with Gasteiger partial charge in [-0.1, -0.05) is 18.2 Å². The number of amides is 2. The molecule has 7 nitrogen and oxygen atoms in total. The van der Waals surface area contributed by atoms with E-state index in [9.17, 15) is 14.4 Å². The Kier molecular flexibility index (Phi) is 6.18. The number of rotatable bonds is 7. The van der Waals surface area contributed by atoms with Gasteiger partial charge in [0.1, 0.15) is 6.04 Å². The monoisotopic (exact) mass is 280 g/mol. The van der Waals surface area contributed by atoms with Crippen LogP contribution < -0.4 is 10.6 Å². The van der Waals surface area contributed by atoms with Gasteiger partial charge in [-0.3, -0.25) is 9.59 Å². The zero-order valence-electron chi connectivity index (χ0n) is 10.7. The van der Waals surface area contributed by atoms with E-state index in [2.05, 4.69) is 10.6 Å². The Labute approximate surface area is 115 Å². The summed E-state index contributed by atoms with van der Waals surface area (Å²) in [5.74, 6) is -2.29. The Morgan fingerprint density at radius 3 is 2.35 bits per heavy atom. The molecule has 1 aromatic rings. The summed E-state index contributed by atoms with van der Waals surface area (Å²) in [4.78, 5) is 33.9. The van der Waals surface area contributed by atoms with Crippen molar-refractivity contribution in [2.45, 2.75) is 12.5 Å². The molecule has 0 unspecified atom stereocenters. The van der Waals surface area contributed by atoms with Crippen LogP contribution in [0.2, 0.25) is 0 Å². The Morgan fingerprint density at radius 1 is 1.15 bits per heavy atom. The molecule has 20 heavy (non-hydrogen) atoms. The lowest BCUT2D eigenvalue weighted by Gasteiger charge is -2.13. The van der Waals surface area contributed by atoms with Crippen LogP contribution in [-0.2, 0) is 9.59 Å². The zero-order chi connectivity index (χ0) is 15.0. The van der Waals surface area contributed by atoms with E-state index in [1.807, 2.05) is 0 Å². The molecule has 0 heterocycles. The Balaban J connectivity index is 2.43. The molecule has 0 aliphatic heterocycles. The minimum absolute atomic E-state index is 0.0896. The van der Waals surface area contributed by atoms with Crippen molar-refractivity contribution >= 4 is 17.8 Å². The van der Waals surface area contributed by atoms with Crippen LogP contribution in [0.15, 0.2) is 30.3 Å². The molecule has 1 atom stereocenters. The van der Waals surface area contributed by atoms with Crippen LogP contribution in [0.3, 0.4) is 0 Å². The van der Waals surface area contributed by atoms with Gasteiger partial charge in [-0.25, -0.2) is 4.79 Å². The molecular weight excluding hydrogens is 264 g/mol. The van der Waals surface area contributed by atoms with Crippen LogP contribution in [-0.4, -0.2) is 47.2 Å². The molecule has 0 saturated heterocycles. The number of carboxylic acid groups (broad SMARTS) is 1. The molecule has 1 rings (SSSR count). The Morgan fingerprint density at radius 2 is 1.80 bits per heavy atom. The van der Waals surface area contributed by atoms with Gasteiger partial charge in [0.25, 0.3) is 5.91 Å². The lowest BCUT2D eigenvalue weighted by atomic mass is 10.2. The van der Waals surface area contributed by atoms with Gasteiger partial charge in [0.05, 0.1) is 6.54 Å². The molecule has 0 spiro atoms. The molecule has 1 aromatic carbocycles. The van der Waals surface area contributed by atoms with Crippen LogP contribution in [0, 0.1) is 0 Å². The summed E-state index contributed by atoms with van der Waals surface area (Å²) in [5.41, 5.74) is 0.408. The van der Waals surface area contributed by atoms with E-state index >= 15 is 0 Å². The summed E-state index contributed by atoms with van der Waals surface area (Å²) in [7, 11) is 0. The maximum Gasteiger partial charge on any atom is 0.326 e. The zero-order valence-corrected chi connectivity index (χ0v) is 10.7. The second-order valence-corrected chi connectivity index (χ2v) is 4.02. The highest BCUT2D eigenvalue weighted by Crippen LogP contribution is 1.97. The number of benzene rings is 1. The van der Waals surface area contributed by atoms with Crippen molar-refractivity contribution in [3.8, 4) is 0 Å². The molecule has 0 fully saturated rings. The first-order valence-corrected chi connectivity index (χ1v) is 6.01. The van der Waals surface area contributed by atoms with Crippen molar-refractivity contribution in [3.63, 3.8) is 0 Å². The van der Waals surface area contributed by atoms with Crippen molar-refractivity contribution in [3.05, 3.63) is 35.9 Å². The molecule has 0 radical (unpaired) electrons. The molecule has 0 aliphatic carbocycles. The molecule has 4 N–H and O–H groups in total. The van der Waals surface area contributed by atoms with E-state index in [1.165, 1.54) is 0 Å². The second kappa shape index (κ2) is 7.90. The first-order valence-electron chi connectivity index (χ1n) is 6.01. The number of aliphatic hydroxyl groups excluding tert-OH is 1. The fourth-order valence-electron chi connectivity index (χ4n) is 1.48. The summed E-state index contributed by atoms with van der Waals surface area (Å²) in [6.07, 6.45) is -0.0896. The molecule has 0 saturated carbocycles. The van der Waals surface area contributed by atoms with Gasteiger partial charge in [0, 0.05) is 18.6 Å². The third-order valence-corrected chi connectivity index (χ3v) is 2.50. The van der Waals surface area contributed by atoms with Gasteiger partial charge >= 0.3 is 5.97 Å². The number of nitrogens with one attached hydrogen (secondary N) is 2. The van der Waals surface area contributed by atoms with E-state index in [4.69, 9.17) is 10.2 Å². The van der Waals surface area contributed by atoms with Crippen LogP contribution in [0.1, 0.15) is 16.8 Å². The molecule has 0 aromatic heterocycles. The maximum atomic E-state index is 11.6. The summed E-state index contributed by atoms with van der Waals surface area (Å²) in [6.45, 7) is -0.684. The van der Waals surface area contributed by atoms with E-state index in [1.54, 1.807) is 30.3 Å². The van der Waals surface area contributed by atoms with Gasteiger partial charge in [0.15, 0.2) is 0 Å². The van der Waals surface area contributed by atoms with Crippen molar-refractivity contribution in [1.82, 2.24) is 10.6 Å². The third-order valence-electron chi connectivity index (χ3n) is 2.50. The predicted molar refractivity (Wildman–Crippen MR) is 70.0 cm³/mol. The highest BCUT2D eigenvalue weighted by atomic mass is 16.4. The van der Waals surface area contributed by atoms with E-state index in [0.717, 1.165) is 0 Å². The molecule has 7 heteroatoms. The fraction of sp³-hybridized carbons (Fsp3) is 0.308. The minimum atomic E-state index is -1.23. The smallest absolute Gasteiger partial charge is 0.326 e. The predicted octanol–water partition coefficient (Wildman–Crippen LogP) is -0.632. The SMILES string of the molecule is O=C(CNC(=O)c1ccccc1)N[C@@H](CCO)C(=O)O. The standard InChI is InChI=1S/C13H16N2O5/c16-7-6-10(13(19)20)15-11(17)8-14-12(18)9-4-2-1-3-5-9/h1-5,10,16H,6-8H2,(H,14,18)(H,15,17)(H,19,20)/t10-/m0/s1. The van der Waals surface area contributed by atoms with Gasteiger partial charge in [-0.15, -0.1) is 0 Å². The normalized spacial score (nSPS) is 11.4. The van der Waals surface area contributed by atoms with Crippen LogP contribution in [0.5, 0.6) is 0 Å². The van der Waals surface area contributed by atoms with Crippen LogP contribution >= 0.6 is 0 Å². The summed E-state index contributed by atoms with van der Waals surface area (Å²) in [5, 5.41) is 22.1. The topological polar surface area (TPSA) is 116 Å². The minimum Gasteiger partial charge on any atom is -0.480 e. The fourth-order valence-corrected chi connectivity index (χ4v) is 1.48. The van der Waals surface area contributed by atoms with E-state index in [0.29, 0.717) is 5.56 Å². The summed E-state index contributed by atoms with van der Waals surface area (Å²) < 4.78 is 0. The highest BCUT2D eigenvalue weighted by Gasteiger charge is 2.19. The van der Waals surface area contributed by atoms with Gasteiger partial charge in [0.2, 0.25) is 5.91 Å². The number of aliphatic carboxylic acids is 1. The van der Waals surface area contributed by atoms with Gasteiger partial charge in [-0.05, 0) is 12.1 Å². The summed E-state index contributed by atoms with van der Waals surface area (Å²) in [6, 6.07) is 7.17. The average Bonchev–Trinajstić information content (AvgIpc) is 2.45. The maximum absolute atomic E-state index is 11.6. The molecule has 0 bridgehead atoms. The number of hydrogen-bond acceptors (Lipinski definition) is 4. The van der Waals surface area contributed by atoms with Gasteiger partial charge in [-0.2, -0.15) is 0 Å². The largest absolute Gasteiger partial charge is 0.480 e. The van der Waals surface area contributed by atoms with Gasteiger partial charge < -0.3 is 20.8 Å². The van der Waals surface area contributed by atoms with Crippen molar-refractivity contribution in [2.75, 3.05) is 13.2 Å². The lowest BCUT2D eigenvalue weighted by Crippen LogP contribution is -2.45. The van der Waals surface area contributed by atoms with Crippen molar-refractivity contribution < 1.29 is 24.6 Å². The van der Waals surface area contributed by atoms with Crippen LogP contribution in [0.4, 0.5) is 0 Å². The Hall–Kier alpha value is -2.41. The second-order valence-electron chi connectivity index (χ2n) is 4.02. The number of carbonyl (C=O) groups excluding carboxylic acids is 2. The molecule has 108 valence electrons. The van der Waals surface area contributed by atoms with Crippen LogP contribution in [0.25, 0.3) is 0 Å². The first-order chi connectivity index (χ1) is 9.54. The average molecular weight is 280 g/mol. The number of hydrogen-bond donors (Lipinski definition) is 4. The first kappa shape index (κ1) is 15.6. The van der Waals surface area contributed by atoms with Crippen molar-refractivity contribution in [2.24, 2.45) is 0 Å². The molecule has 0 aliphatic rings. The molecule has 2 amide bonds. The third kappa shape index (κ3) is 5.07. The number of carboxylic acids is 1. The lowest BCUT2D eigenvalue weighted by molar-refractivity contribution is -0.142. The molecular formula is C13H16N2O5. The number of aliphatic hydroxyl groups is 1. The highest BCUT2D eigenvalue weighted by molar-refractivity contribution is 5.96. The Bertz CT molecular complexity index is 475. The van der Waals surface area contributed by atoms with E-state index < -0.39 is 23.8 Å².